The summed E-state index contributed by atoms with van der Waals surface area (Å²) in [6.07, 6.45) is 0. The van der Waals surface area contributed by atoms with Crippen LogP contribution in [0, 0.1) is 13.8 Å². The summed E-state index contributed by atoms with van der Waals surface area (Å²) in [5.41, 5.74) is 3.97. The number of nitrogens with one attached hydrogen (secondary N) is 1. The molecule has 0 saturated carbocycles. The van der Waals surface area contributed by atoms with Crippen LogP contribution in [0.1, 0.15) is 30.5 Å². The standard InChI is InChI=1S/C17H28N2O/c1-13-10-14(2)16(20-5)15(11-13)17(3,4)12-19-8-6-18-7-9-19/h10-11,18H,6-9,12H2,1-5H3. The van der Waals surface area contributed by atoms with Crippen molar-refractivity contribution in [1.82, 2.24) is 10.2 Å². The number of nitrogens with zero attached hydrogens (tertiary/aromatic N) is 1. The first-order valence-electron chi connectivity index (χ1n) is 7.53. The minimum Gasteiger partial charge on any atom is -0.496 e. The monoisotopic (exact) mass is 276 g/mol. The van der Waals surface area contributed by atoms with Gasteiger partial charge >= 0.3 is 0 Å². The Morgan fingerprint density at radius 1 is 1.20 bits per heavy atom. The Kier molecular flexibility index (Phi) is 4.71. The van der Waals surface area contributed by atoms with E-state index in [-0.39, 0.29) is 5.41 Å². The van der Waals surface area contributed by atoms with Crippen LogP contribution in [-0.4, -0.2) is 44.7 Å². The van der Waals surface area contributed by atoms with Crippen molar-refractivity contribution in [3.63, 3.8) is 0 Å². The lowest BCUT2D eigenvalue weighted by Gasteiger charge is -2.36. The lowest BCUT2D eigenvalue weighted by molar-refractivity contribution is 0.198. The largest absolute Gasteiger partial charge is 0.496 e. The number of benzene rings is 1. The Morgan fingerprint density at radius 2 is 1.85 bits per heavy atom. The molecule has 0 radical (unpaired) electrons. The van der Waals surface area contributed by atoms with Gasteiger partial charge in [0.1, 0.15) is 5.75 Å². The maximum atomic E-state index is 5.68. The van der Waals surface area contributed by atoms with Crippen LogP contribution in [0.25, 0.3) is 0 Å². The quantitative estimate of drug-likeness (QED) is 0.914. The minimum atomic E-state index is 0.0967. The highest BCUT2D eigenvalue weighted by Crippen LogP contribution is 2.35. The molecule has 0 unspecified atom stereocenters. The van der Waals surface area contributed by atoms with Crippen molar-refractivity contribution >= 4 is 0 Å². The van der Waals surface area contributed by atoms with E-state index in [1.807, 2.05) is 0 Å². The zero-order chi connectivity index (χ0) is 14.8. The van der Waals surface area contributed by atoms with Gasteiger partial charge in [0, 0.05) is 43.7 Å². The average molecular weight is 276 g/mol. The summed E-state index contributed by atoms with van der Waals surface area (Å²) in [5, 5.41) is 3.41. The second-order valence-corrected chi connectivity index (χ2v) is 6.57. The number of methoxy groups -OCH3 is 1. The minimum absolute atomic E-state index is 0.0967. The molecular weight excluding hydrogens is 248 g/mol. The van der Waals surface area contributed by atoms with E-state index in [1.165, 1.54) is 16.7 Å². The van der Waals surface area contributed by atoms with Gasteiger partial charge in [-0.05, 0) is 19.4 Å². The molecule has 1 saturated heterocycles. The summed E-state index contributed by atoms with van der Waals surface area (Å²) in [7, 11) is 1.78. The predicted molar refractivity (Wildman–Crippen MR) is 84.8 cm³/mol. The second-order valence-electron chi connectivity index (χ2n) is 6.57. The van der Waals surface area contributed by atoms with Crippen molar-refractivity contribution in [2.24, 2.45) is 0 Å². The highest BCUT2D eigenvalue weighted by Gasteiger charge is 2.28. The van der Waals surface area contributed by atoms with Crippen LogP contribution in [0.15, 0.2) is 12.1 Å². The van der Waals surface area contributed by atoms with Crippen LogP contribution in [0.3, 0.4) is 0 Å². The summed E-state index contributed by atoms with van der Waals surface area (Å²) < 4.78 is 5.68. The van der Waals surface area contributed by atoms with E-state index in [9.17, 15) is 0 Å². The van der Waals surface area contributed by atoms with Gasteiger partial charge < -0.3 is 10.1 Å². The zero-order valence-electron chi connectivity index (χ0n) is 13.5. The molecular formula is C17H28N2O. The van der Waals surface area contributed by atoms with Crippen LogP contribution < -0.4 is 10.1 Å². The van der Waals surface area contributed by atoms with Gasteiger partial charge in [-0.25, -0.2) is 0 Å². The van der Waals surface area contributed by atoms with Crippen molar-refractivity contribution in [2.45, 2.75) is 33.1 Å². The van der Waals surface area contributed by atoms with Gasteiger partial charge in [0.25, 0.3) is 0 Å². The first kappa shape index (κ1) is 15.3. The highest BCUT2D eigenvalue weighted by atomic mass is 16.5. The summed E-state index contributed by atoms with van der Waals surface area (Å²) >= 11 is 0. The van der Waals surface area contributed by atoms with Crippen molar-refractivity contribution in [3.8, 4) is 5.75 Å². The van der Waals surface area contributed by atoms with Crippen molar-refractivity contribution in [2.75, 3.05) is 39.8 Å². The third-order valence-corrected chi connectivity index (χ3v) is 4.18. The van der Waals surface area contributed by atoms with E-state index >= 15 is 0 Å². The number of hydrogen-bond donors (Lipinski definition) is 1. The molecule has 2 rings (SSSR count). The lowest BCUT2D eigenvalue weighted by Crippen LogP contribution is -2.48. The topological polar surface area (TPSA) is 24.5 Å². The Bertz CT molecular complexity index is 462. The fourth-order valence-corrected chi connectivity index (χ4v) is 3.24. The molecule has 0 bridgehead atoms. The van der Waals surface area contributed by atoms with Gasteiger partial charge in [-0.1, -0.05) is 31.5 Å². The number of rotatable bonds is 4. The number of piperazine rings is 1. The second kappa shape index (κ2) is 6.15. The molecule has 1 aliphatic rings. The van der Waals surface area contributed by atoms with Crippen molar-refractivity contribution < 1.29 is 4.74 Å². The molecule has 1 aromatic carbocycles. The zero-order valence-corrected chi connectivity index (χ0v) is 13.5. The molecule has 0 spiro atoms. The summed E-state index contributed by atoms with van der Waals surface area (Å²) in [6.45, 7) is 14.5. The van der Waals surface area contributed by atoms with Crippen molar-refractivity contribution in [3.05, 3.63) is 28.8 Å². The normalized spacial score (nSPS) is 17.2. The Labute approximate surface area is 123 Å². The average Bonchev–Trinajstić information content (AvgIpc) is 2.38. The van der Waals surface area contributed by atoms with Crippen LogP contribution in [0.5, 0.6) is 5.75 Å². The molecule has 3 nitrogen and oxygen atoms in total. The van der Waals surface area contributed by atoms with Gasteiger partial charge in [0.2, 0.25) is 0 Å². The number of ether oxygens (including phenoxy) is 1. The lowest BCUT2D eigenvalue weighted by atomic mass is 9.81. The molecule has 1 heterocycles. The predicted octanol–water partition coefficient (Wildman–Crippen LogP) is 2.49. The molecule has 0 atom stereocenters. The van der Waals surface area contributed by atoms with Gasteiger partial charge in [-0.2, -0.15) is 0 Å². The third kappa shape index (κ3) is 3.33. The van der Waals surface area contributed by atoms with E-state index in [2.05, 4.69) is 50.0 Å². The third-order valence-electron chi connectivity index (χ3n) is 4.18. The molecule has 1 N–H and O–H groups in total. The highest BCUT2D eigenvalue weighted by molar-refractivity contribution is 5.47. The van der Waals surface area contributed by atoms with E-state index < -0.39 is 0 Å². The smallest absolute Gasteiger partial charge is 0.125 e. The fraction of sp³-hybridized carbons (Fsp3) is 0.647. The van der Waals surface area contributed by atoms with E-state index in [0.29, 0.717) is 0 Å². The first-order chi connectivity index (χ1) is 9.44. The molecule has 112 valence electrons. The van der Waals surface area contributed by atoms with E-state index in [0.717, 1.165) is 38.5 Å². The van der Waals surface area contributed by atoms with Gasteiger partial charge in [0.05, 0.1) is 7.11 Å². The molecule has 1 fully saturated rings. The van der Waals surface area contributed by atoms with Crippen LogP contribution in [0.4, 0.5) is 0 Å². The molecule has 0 aliphatic carbocycles. The molecule has 1 aromatic rings. The Hall–Kier alpha value is -1.06. The van der Waals surface area contributed by atoms with E-state index in [1.54, 1.807) is 7.11 Å². The first-order valence-corrected chi connectivity index (χ1v) is 7.53. The van der Waals surface area contributed by atoms with Gasteiger partial charge in [-0.3, -0.25) is 4.90 Å². The van der Waals surface area contributed by atoms with Crippen LogP contribution in [0.2, 0.25) is 0 Å². The summed E-state index contributed by atoms with van der Waals surface area (Å²) in [5.74, 6) is 1.05. The number of hydrogen-bond acceptors (Lipinski definition) is 3. The van der Waals surface area contributed by atoms with Crippen molar-refractivity contribution in [1.29, 1.82) is 0 Å². The SMILES string of the molecule is COc1c(C)cc(C)cc1C(C)(C)CN1CCNCC1. The summed E-state index contributed by atoms with van der Waals surface area (Å²) in [6, 6.07) is 4.48. The fourth-order valence-electron chi connectivity index (χ4n) is 3.24. The molecule has 1 aliphatic heterocycles. The van der Waals surface area contributed by atoms with Gasteiger partial charge in [0.15, 0.2) is 0 Å². The van der Waals surface area contributed by atoms with E-state index in [4.69, 9.17) is 4.74 Å². The van der Waals surface area contributed by atoms with Crippen LogP contribution in [-0.2, 0) is 5.41 Å². The Morgan fingerprint density at radius 3 is 2.45 bits per heavy atom. The Balaban J connectivity index is 2.27. The molecule has 0 aromatic heterocycles. The van der Waals surface area contributed by atoms with Gasteiger partial charge in [-0.15, -0.1) is 0 Å². The molecule has 3 heteroatoms. The maximum Gasteiger partial charge on any atom is 0.125 e. The number of aryl methyl sites for hydroxylation is 2. The van der Waals surface area contributed by atoms with Crippen LogP contribution >= 0.6 is 0 Å². The summed E-state index contributed by atoms with van der Waals surface area (Å²) in [4.78, 5) is 2.55. The molecule has 0 amide bonds. The maximum absolute atomic E-state index is 5.68. The molecule has 20 heavy (non-hydrogen) atoms.